The quantitative estimate of drug-likeness (QED) is 0.200. The van der Waals surface area contributed by atoms with Crippen LogP contribution in [-0.2, 0) is 10.1 Å². The van der Waals surface area contributed by atoms with Gasteiger partial charge in [0.15, 0.2) is 0 Å². The summed E-state index contributed by atoms with van der Waals surface area (Å²) in [5.41, 5.74) is 0. The van der Waals surface area contributed by atoms with Crippen molar-refractivity contribution >= 4 is 10.1 Å². The number of aliphatic hydroxyl groups is 1. The fourth-order valence-corrected chi connectivity index (χ4v) is 4.38. The van der Waals surface area contributed by atoms with E-state index in [0.717, 1.165) is 70.6 Å². The maximum absolute atomic E-state index is 11.4. The van der Waals surface area contributed by atoms with Crippen LogP contribution >= 0.6 is 0 Å². The van der Waals surface area contributed by atoms with Crippen LogP contribution < -0.4 is 29.6 Å². The Bertz CT molecular complexity index is 401. The van der Waals surface area contributed by atoms with E-state index in [9.17, 15) is 18.1 Å². The van der Waals surface area contributed by atoms with Crippen molar-refractivity contribution in [3.05, 3.63) is 0 Å². The van der Waals surface area contributed by atoms with Gasteiger partial charge in [-0.25, -0.2) is 8.42 Å². The van der Waals surface area contributed by atoms with Gasteiger partial charge >= 0.3 is 29.6 Å². The number of aliphatic hydroxyl groups excluding tert-OH is 1. The molecule has 0 aromatic carbocycles. The summed E-state index contributed by atoms with van der Waals surface area (Å²) in [5, 5.41) is 9.28. The number of hydrogen-bond donors (Lipinski definition) is 1. The van der Waals surface area contributed by atoms with Gasteiger partial charge < -0.3 is 9.66 Å². The van der Waals surface area contributed by atoms with Crippen molar-refractivity contribution < 1.29 is 47.6 Å². The molecule has 0 amide bonds. The maximum atomic E-state index is 11.4. The fraction of sp³-hybridized carbons (Fsp3) is 1.00. The molecular formula is C21H43NaO4S. The molecule has 0 fully saturated rings. The Morgan fingerprint density at radius 3 is 1.37 bits per heavy atom. The molecule has 0 rings (SSSR count). The third-order valence-electron chi connectivity index (χ3n) is 5.24. The molecule has 4 nitrogen and oxygen atoms in total. The van der Waals surface area contributed by atoms with E-state index in [0.29, 0.717) is 12.8 Å². The molecule has 2 atom stereocenters. The Morgan fingerprint density at radius 2 is 1.00 bits per heavy atom. The van der Waals surface area contributed by atoms with Crippen molar-refractivity contribution in [2.75, 3.05) is 0 Å². The van der Waals surface area contributed by atoms with E-state index < -0.39 is 15.4 Å². The van der Waals surface area contributed by atoms with Crippen LogP contribution in [0, 0.1) is 0 Å². The molecule has 0 bridgehead atoms. The Balaban J connectivity index is 0. The average Bonchev–Trinajstić information content (AvgIpc) is 2.58. The third kappa shape index (κ3) is 19.9. The van der Waals surface area contributed by atoms with Gasteiger partial charge in [-0.2, -0.15) is 0 Å². The van der Waals surface area contributed by atoms with E-state index in [1.54, 1.807) is 0 Å². The van der Waals surface area contributed by atoms with Crippen LogP contribution in [0.25, 0.3) is 0 Å². The number of unbranched alkanes of at least 4 members (excludes halogenated alkanes) is 10. The van der Waals surface area contributed by atoms with Crippen molar-refractivity contribution in [2.24, 2.45) is 0 Å². The van der Waals surface area contributed by atoms with Gasteiger partial charge in [0, 0.05) is 5.25 Å². The molecule has 0 saturated carbocycles. The summed E-state index contributed by atoms with van der Waals surface area (Å²) >= 11 is 0. The van der Waals surface area contributed by atoms with Crippen LogP contribution in [0.5, 0.6) is 0 Å². The van der Waals surface area contributed by atoms with Crippen molar-refractivity contribution in [3.8, 4) is 0 Å². The molecule has 0 aliphatic carbocycles. The van der Waals surface area contributed by atoms with Crippen molar-refractivity contribution in [2.45, 2.75) is 134 Å². The summed E-state index contributed by atoms with van der Waals surface area (Å²) in [6.45, 7) is 4.32. The van der Waals surface area contributed by atoms with Gasteiger partial charge in [0.05, 0.1) is 16.2 Å². The van der Waals surface area contributed by atoms with E-state index in [-0.39, 0.29) is 35.7 Å². The first kappa shape index (κ1) is 30.1. The van der Waals surface area contributed by atoms with E-state index in [1.165, 1.54) is 25.7 Å². The minimum Gasteiger partial charge on any atom is -0.748 e. The monoisotopic (exact) mass is 414 g/mol. The summed E-state index contributed by atoms with van der Waals surface area (Å²) in [5.74, 6) is 0. The molecular weight excluding hydrogens is 371 g/mol. The van der Waals surface area contributed by atoms with Gasteiger partial charge in [-0.05, 0) is 25.7 Å². The maximum Gasteiger partial charge on any atom is 1.00 e. The molecule has 0 aliphatic rings. The van der Waals surface area contributed by atoms with Crippen LogP contribution in [0.15, 0.2) is 0 Å². The summed E-state index contributed by atoms with van der Waals surface area (Å²) in [6, 6.07) is 0. The van der Waals surface area contributed by atoms with Crippen LogP contribution in [-0.4, -0.2) is 29.4 Å². The second kappa shape index (κ2) is 20.2. The van der Waals surface area contributed by atoms with Crippen molar-refractivity contribution in [1.82, 2.24) is 0 Å². The van der Waals surface area contributed by atoms with E-state index >= 15 is 0 Å². The van der Waals surface area contributed by atoms with Crippen LogP contribution in [0.2, 0.25) is 0 Å². The molecule has 6 heteroatoms. The molecule has 2 unspecified atom stereocenters. The first-order valence-electron chi connectivity index (χ1n) is 11.0. The van der Waals surface area contributed by atoms with Crippen LogP contribution in [0.1, 0.15) is 123 Å². The minimum atomic E-state index is -4.17. The van der Waals surface area contributed by atoms with Gasteiger partial charge in [-0.15, -0.1) is 0 Å². The molecule has 0 spiro atoms. The zero-order valence-corrected chi connectivity index (χ0v) is 21.1. The SMILES string of the molecule is CCCCCCCC(O)CCCCCCC(CCCCCC)S(=O)(=O)[O-].[Na+]. The van der Waals surface area contributed by atoms with Gasteiger partial charge in [-0.1, -0.05) is 97.3 Å². The summed E-state index contributed by atoms with van der Waals surface area (Å²) < 4.78 is 34.1. The predicted octanol–water partition coefficient (Wildman–Crippen LogP) is 2.94. The third-order valence-corrected chi connectivity index (χ3v) is 6.53. The second-order valence-electron chi connectivity index (χ2n) is 7.81. The Morgan fingerprint density at radius 1 is 0.667 bits per heavy atom. The molecule has 0 aliphatic heterocycles. The Kier molecular flexibility index (Phi) is 22.4. The second-order valence-corrected chi connectivity index (χ2v) is 9.46. The van der Waals surface area contributed by atoms with Gasteiger partial charge in [0.1, 0.15) is 0 Å². The topological polar surface area (TPSA) is 77.4 Å². The van der Waals surface area contributed by atoms with Crippen LogP contribution in [0.4, 0.5) is 0 Å². The smallest absolute Gasteiger partial charge is 0.748 e. The molecule has 0 aromatic heterocycles. The fourth-order valence-electron chi connectivity index (χ4n) is 3.47. The molecule has 0 aromatic rings. The molecule has 0 saturated heterocycles. The number of rotatable bonds is 19. The van der Waals surface area contributed by atoms with Gasteiger partial charge in [0.2, 0.25) is 0 Å². The largest absolute Gasteiger partial charge is 1.00 e. The van der Waals surface area contributed by atoms with E-state index in [1.807, 2.05) is 0 Å². The number of hydrogen-bond acceptors (Lipinski definition) is 4. The van der Waals surface area contributed by atoms with E-state index in [4.69, 9.17) is 0 Å². The van der Waals surface area contributed by atoms with Crippen LogP contribution in [0.3, 0.4) is 0 Å². The molecule has 0 radical (unpaired) electrons. The summed E-state index contributed by atoms with van der Waals surface area (Å²) in [4.78, 5) is 0. The molecule has 27 heavy (non-hydrogen) atoms. The standard InChI is InChI=1S/C21H44O4S.Na/c1-3-5-7-9-12-16-20(22)17-13-10-11-15-19-21(26(23,24)25)18-14-8-6-4-2;/h20-22H,3-19H2,1-2H3,(H,23,24,25);/q;+1/p-1. The normalized spacial score (nSPS) is 13.9. The predicted molar refractivity (Wildman–Crippen MR) is 109 cm³/mol. The first-order valence-corrected chi connectivity index (χ1v) is 12.5. The van der Waals surface area contributed by atoms with E-state index in [2.05, 4.69) is 13.8 Å². The molecule has 1 N–H and O–H groups in total. The minimum absolute atomic E-state index is 0. The first-order chi connectivity index (χ1) is 12.4. The summed E-state index contributed by atoms with van der Waals surface area (Å²) in [7, 11) is -4.17. The van der Waals surface area contributed by atoms with Gasteiger partial charge in [-0.3, -0.25) is 0 Å². The van der Waals surface area contributed by atoms with Gasteiger partial charge in [0.25, 0.3) is 0 Å². The average molecular weight is 415 g/mol. The Labute approximate surface area is 191 Å². The summed E-state index contributed by atoms with van der Waals surface area (Å²) in [6.07, 6.45) is 16.5. The zero-order valence-electron chi connectivity index (χ0n) is 18.3. The molecule has 158 valence electrons. The molecule has 0 heterocycles. The zero-order chi connectivity index (χ0) is 19.7. The van der Waals surface area contributed by atoms with Crippen molar-refractivity contribution in [3.63, 3.8) is 0 Å². The van der Waals surface area contributed by atoms with Crippen molar-refractivity contribution in [1.29, 1.82) is 0 Å². The Hall–Kier alpha value is 0.870.